The topological polar surface area (TPSA) is 46.0 Å². The number of aromatic nitrogens is 2. The normalized spacial score (nSPS) is 10.8. The maximum Gasteiger partial charge on any atom is 0.107 e. The number of aliphatic hydroxyl groups excluding tert-OH is 1. The second kappa shape index (κ2) is 3.81. The van der Waals surface area contributed by atoms with E-state index in [-0.39, 0.29) is 6.61 Å². The van der Waals surface area contributed by atoms with Gasteiger partial charge in [0.25, 0.3) is 0 Å². The van der Waals surface area contributed by atoms with Gasteiger partial charge < -0.3 is 5.11 Å². The third kappa shape index (κ3) is 1.68. The fourth-order valence-corrected chi connectivity index (χ4v) is 1.90. The molecule has 0 aliphatic carbocycles. The summed E-state index contributed by atoms with van der Waals surface area (Å²) in [5.74, 6) is 0. The van der Waals surface area contributed by atoms with Gasteiger partial charge in [-0.2, -0.15) is 8.75 Å². The van der Waals surface area contributed by atoms with Crippen LogP contribution in [0.2, 0.25) is 0 Å². The average Bonchev–Trinajstić information content (AvgIpc) is 2.62. The van der Waals surface area contributed by atoms with Gasteiger partial charge in [-0.05, 0) is 24.5 Å². The van der Waals surface area contributed by atoms with Crippen molar-refractivity contribution in [1.82, 2.24) is 8.75 Å². The maximum absolute atomic E-state index is 8.72. The van der Waals surface area contributed by atoms with Gasteiger partial charge in [0.15, 0.2) is 0 Å². The van der Waals surface area contributed by atoms with Gasteiger partial charge in [-0.1, -0.05) is 12.1 Å². The Hall–Kier alpha value is -1.00. The van der Waals surface area contributed by atoms with E-state index in [0.717, 1.165) is 23.9 Å². The molecule has 1 aromatic heterocycles. The molecule has 0 radical (unpaired) electrons. The van der Waals surface area contributed by atoms with Gasteiger partial charge in [-0.3, -0.25) is 0 Å². The Balaban J connectivity index is 2.37. The van der Waals surface area contributed by atoms with Crippen molar-refractivity contribution in [2.24, 2.45) is 0 Å². The lowest BCUT2D eigenvalue weighted by molar-refractivity contribution is 0.289. The maximum atomic E-state index is 8.72. The molecule has 1 N–H and O–H groups in total. The minimum Gasteiger partial charge on any atom is -0.396 e. The van der Waals surface area contributed by atoms with Gasteiger partial charge in [0, 0.05) is 6.61 Å². The highest BCUT2D eigenvalue weighted by Gasteiger charge is 2.03. The summed E-state index contributed by atoms with van der Waals surface area (Å²) in [6, 6.07) is 5.98. The summed E-state index contributed by atoms with van der Waals surface area (Å²) in [5, 5.41) is 8.72. The van der Waals surface area contributed by atoms with E-state index in [2.05, 4.69) is 8.75 Å². The zero-order valence-electron chi connectivity index (χ0n) is 7.10. The molecule has 2 rings (SSSR count). The molecule has 0 aliphatic rings. The van der Waals surface area contributed by atoms with Gasteiger partial charge in [-0.25, -0.2) is 0 Å². The van der Waals surface area contributed by atoms with E-state index in [0.29, 0.717) is 0 Å². The Labute approximate surface area is 80.4 Å². The van der Waals surface area contributed by atoms with Gasteiger partial charge in [0.05, 0.1) is 11.7 Å². The van der Waals surface area contributed by atoms with E-state index in [4.69, 9.17) is 5.11 Å². The van der Waals surface area contributed by atoms with Crippen LogP contribution in [-0.4, -0.2) is 20.5 Å². The first-order chi connectivity index (χ1) is 6.42. The van der Waals surface area contributed by atoms with E-state index in [1.807, 2.05) is 18.2 Å². The molecule has 0 atom stereocenters. The van der Waals surface area contributed by atoms with Gasteiger partial charge in [-0.15, -0.1) is 0 Å². The van der Waals surface area contributed by atoms with Crippen molar-refractivity contribution in [3.8, 4) is 0 Å². The largest absolute Gasteiger partial charge is 0.396 e. The number of rotatable bonds is 3. The van der Waals surface area contributed by atoms with Crippen LogP contribution in [0.4, 0.5) is 0 Å². The first kappa shape index (κ1) is 8.59. The summed E-state index contributed by atoms with van der Waals surface area (Å²) in [5.41, 5.74) is 3.13. The Bertz CT molecular complexity index is 399. The molecular formula is C9H10N2OS. The molecule has 3 nitrogen and oxygen atoms in total. The molecule has 4 heteroatoms. The molecule has 0 aliphatic heterocycles. The van der Waals surface area contributed by atoms with Crippen LogP contribution in [0.1, 0.15) is 12.0 Å². The van der Waals surface area contributed by atoms with E-state index in [1.54, 1.807) is 0 Å². The summed E-state index contributed by atoms with van der Waals surface area (Å²) in [7, 11) is 0. The van der Waals surface area contributed by atoms with Crippen LogP contribution in [-0.2, 0) is 6.42 Å². The second-order valence-electron chi connectivity index (χ2n) is 2.88. The first-order valence-corrected chi connectivity index (χ1v) is 4.96. The molecule has 0 saturated heterocycles. The molecule has 2 aromatic rings. The number of hydrogen-bond donors (Lipinski definition) is 1. The van der Waals surface area contributed by atoms with Crippen LogP contribution in [0, 0.1) is 0 Å². The predicted octanol–water partition coefficient (Wildman–Crippen LogP) is 1.62. The molecule has 68 valence electrons. The zero-order chi connectivity index (χ0) is 9.10. The summed E-state index contributed by atoms with van der Waals surface area (Å²) in [4.78, 5) is 0. The third-order valence-corrected chi connectivity index (χ3v) is 2.52. The first-order valence-electron chi connectivity index (χ1n) is 4.23. The van der Waals surface area contributed by atoms with Gasteiger partial charge in [0.1, 0.15) is 11.0 Å². The molecule has 0 bridgehead atoms. The highest BCUT2D eigenvalue weighted by molar-refractivity contribution is 7.00. The van der Waals surface area contributed by atoms with Crippen molar-refractivity contribution >= 4 is 22.8 Å². The van der Waals surface area contributed by atoms with Crippen molar-refractivity contribution in [1.29, 1.82) is 0 Å². The lowest BCUT2D eigenvalue weighted by Crippen LogP contribution is -1.90. The monoisotopic (exact) mass is 194 g/mol. The van der Waals surface area contributed by atoms with Crippen molar-refractivity contribution in [3.05, 3.63) is 23.8 Å². The summed E-state index contributed by atoms with van der Waals surface area (Å²) < 4.78 is 8.38. The fraction of sp³-hybridized carbons (Fsp3) is 0.333. The number of fused-ring (bicyclic) bond motifs is 1. The molecule has 0 saturated carbocycles. The SMILES string of the molecule is OCCCc1cccc2nsnc12. The number of aliphatic hydroxyl groups is 1. The average molecular weight is 194 g/mol. The molecule has 1 heterocycles. The van der Waals surface area contributed by atoms with Crippen molar-refractivity contribution < 1.29 is 5.11 Å². The second-order valence-corrected chi connectivity index (χ2v) is 3.40. The van der Waals surface area contributed by atoms with Crippen molar-refractivity contribution in [2.75, 3.05) is 6.61 Å². The minimum absolute atomic E-state index is 0.230. The number of hydrogen-bond acceptors (Lipinski definition) is 4. The van der Waals surface area contributed by atoms with Crippen LogP contribution in [0.15, 0.2) is 18.2 Å². The molecular weight excluding hydrogens is 184 g/mol. The van der Waals surface area contributed by atoms with Crippen LogP contribution < -0.4 is 0 Å². The molecule has 13 heavy (non-hydrogen) atoms. The van der Waals surface area contributed by atoms with Crippen LogP contribution in [0.25, 0.3) is 11.0 Å². The van der Waals surface area contributed by atoms with Crippen LogP contribution >= 0.6 is 11.7 Å². The number of aryl methyl sites for hydroxylation is 1. The van der Waals surface area contributed by atoms with Gasteiger partial charge >= 0.3 is 0 Å². The fourth-order valence-electron chi connectivity index (χ4n) is 1.33. The lowest BCUT2D eigenvalue weighted by atomic mass is 10.1. The van der Waals surface area contributed by atoms with Crippen molar-refractivity contribution in [2.45, 2.75) is 12.8 Å². The molecule has 0 spiro atoms. The molecule has 1 aromatic carbocycles. The zero-order valence-corrected chi connectivity index (χ0v) is 7.92. The number of benzene rings is 1. The van der Waals surface area contributed by atoms with Crippen LogP contribution in [0.5, 0.6) is 0 Å². The minimum atomic E-state index is 0.230. The highest BCUT2D eigenvalue weighted by Crippen LogP contribution is 2.17. The quantitative estimate of drug-likeness (QED) is 0.807. The van der Waals surface area contributed by atoms with E-state index in [1.165, 1.54) is 17.3 Å². The summed E-state index contributed by atoms with van der Waals surface area (Å²) in [6.45, 7) is 0.230. The summed E-state index contributed by atoms with van der Waals surface area (Å²) >= 11 is 1.24. The molecule has 0 unspecified atom stereocenters. The Morgan fingerprint density at radius 2 is 2.23 bits per heavy atom. The van der Waals surface area contributed by atoms with E-state index in [9.17, 15) is 0 Å². The predicted molar refractivity (Wildman–Crippen MR) is 52.8 cm³/mol. The smallest absolute Gasteiger partial charge is 0.107 e. The van der Waals surface area contributed by atoms with Gasteiger partial charge in [0.2, 0.25) is 0 Å². The number of nitrogens with zero attached hydrogens (tertiary/aromatic N) is 2. The Kier molecular flexibility index (Phi) is 2.52. The van der Waals surface area contributed by atoms with Crippen molar-refractivity contribution in [3.63, 3.8) is 0 Å². The lowest BCUT2D eigenvalue weighted by Gasteiger charge is -1.98. The van der Waals surface area contributed by atoms with Crippen LogP contribution in [0.3, 0.4) is 0 Å². The third-order valence-electron chi connectivity index (χ3n) is 1.97. The Morgan fingerprint density at radius 3 is 3.08 bits per heavy atom. The highest BCUT2D eigenvalue weighted by atomic mass is 32.1. The Morgan fingerprint density at radius 1 is 1.31 bits per heavy atom. The molecule has 0 amide bonds. The standard InChI is InChI=1S/C9H10N2OS/c12-6-2-4-7-3-1-5-8-9(7)11-13-10-8/h1,3,5,12H,2,4,6H2. The van der Waals surface area contributed by atoms with E-state index < -0.39 is 0 Å². The van der Waals surface area contributed by atoms with E-state index >= 15 is 0 Å². The summed E-state index contributed by atoms with van der Waals surface area (Å²) in [6.07, 6.45) is 1.66. The molecule has 0 fully saturated rings.